The van der Waals surface area contributed by atoms with Gasteiger partial charge in [0.2, 0.25) is 0 Å². The van der Waals surface area contributed by atoms with Crippen LogP contribution in [0, 0.1) is 5.82 Å². The first-order valence-electron chi connectivity index (χ1n) is 10.5. The second kappa shape index (κ2) is 9.82. The van der Waals surface area contributed by atoms with Crippen LogP contribution in [-0.4, -0.2) is 65.0 Å². The van der Waals surface area contributed by atoms with Crippen LogP contribution in [0.5, 0.6) is 11.5 Å². The Balaban J connectivity index is 2.12. The Morgan fingerprint density at radius 1 is 1.16 bits per heavy atom. The summed E-state index contributed by atoms with van der Waals surface area (Å²) in [5.41, 5.74) is 0.374. The number of halogens is 1. The summed E-state index contributed by atoms with van der Waals surface area (Å²) in [5, 5.41) is 21.0. The molecule has 2 aromatic rings. The molecule has 2 aromatic carbocycles. The summed E-state index contributed by atoms with van der Waals surface area (Å²) in [6, 6.07) is 9.09. The van der Waals surface area contributed by atoms with E-state index < -0.39 is 29.3 Å². The Hall–Kier alpha value is -3.39. The van der Waals surface area contributed by atoms with Crippen molar-refractivity contribution in [1.82, 2.24) is 9.80 Å². The van der Waals surface area contributed by atoms with Crippen molar-refractivity contribution in [2.24, 2.45) is 0 Å². The first kappa shape index (κ1) is 23.3. The van der Waals surface area contributed by atoms with Gasteiger partial charge in [-0.05, 0) is 49.0 Å². The third-order valence-corrected chi connectivity index (χ3v) is 5.70. The SMILES string of the molecule is CCN(CC)CCN1C(=O)C(=O)/C(=C(\O)c2ccc(OC)c(F)c2)C1c1cccc(O)c1. The number of aliphatic hydroxyl groups excluding tert-OH is 1. The van der Waals surface area contributed by atoms with E-state index in [9.17, 15) is 24.2 Å². The maximum atomic E-state index is 14.2. The lowest BCUT2D eigenvalue weighted by Crippen LogP contribution is -2.38. The van der Waals surface area contributed by atoms with Gasteiger partial charge in [0.25, 0.3) is 11.7 Å². The maximum absolute atomic E-state index is 14.2. The summed E-state index contributed by atoms with van der Waals surface area (Å²) in [6.45, 7) is 6.35. The molecule has 1 atom stereocenters. The molecule has 7 nitrogen and oxygen atoms in total. The van der Waals surface area contributed by atoms with E-state index in [-0.39, 0.29) is 29.2 Å². The van der Waals surface area contributed by atoms with E-state index in [1.807, 2.05) is 13.8 Å². The van der Waals surface area contributed by atoms with E-state index in [1.54, 1.807) is 12.1 Å². The van der Waals surface area contributed by atoms with E-state index in [0.717, 1.165) is 19.2 Å². The van der Waals surface area contributed by atoms with Gasteiger partial charge in [0, 0.05) is 18.7 Å². The molecule has 0 bridgehead atoms. The number of benzene rings is 2. The van der Waals surface area contributed by atoms with Crippen molar-refractivity contribution in [2.45, 2.75) is 19.9 Å². The standard InChI is InChI=1S/C24H27FN2O5/c1-4-26(5-2)11-12-27-21(15-7-6-8-17(28)13-15)20(23(30)24(27)31)22(29)16-9-10-19(32-3)18(25)14-16/h6-10,13-14,21,28-29H,4-5,11-12H2,1-3H3/b22-20-. The molecule has 1 unspecified atom stereocenters. The highest BCUT2D eigenvalue weighted by atomic mass is 19.1. The average molecular weight is 442 g/mol. The summed E-state index contributed by atoms with van der Waals surface area (Å²) in [6.07, 6.45) is 0. The molecule has 1 aliphatic rings. The first-order chi connectivity index (χ1) is 15.3. The van der Waals surface area contributed by atoms with Crippen LogP contribution in [0.25, 0.3) is 5.76 Å². The Morgan fingerprint density at radius 3 is 2.47 bits per heavy atom. The molecule has 1 amide bonds. The molecular formula is C24H27FN2O5. The maximum Gasteiger partial charge on any atom is 0.295 e. The van der Waals surface area contributed by atoms with Crippen LogP contribution < -0.4 is 4.74 Å². The zero-order chi connectivity index (χ0) is 23.4. The molecule has 0 saturated carbocycles. The number of aliphatic hydroxyl groups is 1. The zero-order valence-corrected chi connectivity index (χ0v) is 18.3. The minimum Gasteiger partial charge on any atom is -0.508 e. The molecule has 3 rings (SSSR count). The summed E-state index contributed by atoms with van der Waals surface area (Å²) in [5.74, 6) is -2.84. The van der Waals surface area contributed by atoms with Crippen molar-refractivity contribution in [3.63, 3.8) is 0 Å². The molecule has 0 aromatic heterocycles. The van der Waals surface area contributed by atoms with Crippen LogP contribution in [-0.2, 0) is 9.59 Å². The number of phenolic OH excluding ortho intramolecular Hbond substituents is 1. The Kier molecular flexibility index (Phi) is 7.15. The van der Waals surface area contributed by atoms with Gasteiger partial charge in [0.1, 0.15) is 11.5 Å². The molecule has 32 heavy (non-hydrogen) atoms. The number of hydrogen-bond donors (Lipinski definition) is 2. The van der Waals surface area contributed by atoms with Gasteiger partial charge in [0.05, 0.1) is 18.7 Å². The molecule has 1 fully saturated rings. The molecule has 0 spiro atoms. The predicted octanol–water partition coefficient (Wildman–Crippen LogP) is 3.30. The molecule has 1 saturated heterocycles. The second-order valence-corrected chi connectivity index (χ2v) is 7.46. The minimum atomic E-state index is -0.914. The molecule has 2 N–H and O–H groups in total. The molecule has 1 heterocycles. The summed E-state index contributed by atoms with van der Waals surface area (Å²) in [4.78, 5) is 29.4. The van der Waals surface area contributed by atoms with Gasteiger partial charge >= 0.3 is 0 Å². The number of hydrogen-bond acceptors (Lipinski definition) is 6. The van der Waals surface area contributed by atoms with Crippen molar-refractivity contribution in [3.05, 3.63) is 65.0 Å². The molecule has 8 heteroatoms. The van der Waals surface area contributed by atoms with E-state index >= 15 is 0 Å². The number of ether oxygens (including phenoxy) is 1. The highest BCUT2D eigenvalue weighted by Crippen LogP contribution is 2.40. The van der Waals surface area contributed by atoms with E-state index in [1.165, 1.54) is 36.3 Å². The number of likely N-dealkylation sites (tertiary alicyclic amines) is 1. The van der Waals surface area contributed by atoms with Crippen molar-refractivity contribution >= 4 is 17.4 Å². The number of methoxy groups -OCH3 is 1. The number of carbonyl (C=O) groups excluding carboxylic acids is 2. The number of aromatic hydroxyl groups is 1. The Bertz CT molecular complexity index is 1050. The minimum absolute atomic E-state index is 0.00856. The number of carbonyl (C=O) groups is 2. The molecule has 0 aliphatic carbocycles. The number of Topliss-reactive ketones (excluding diaryl/α,β-unsaturated/α-hetero) is 1. The molecular weight excluding hydrogens is 415 g/mol. The number of nitrogens with zero attached hydrogens (tertiary/aromatic N) is 2. The third kappa shape index (κ3) is 4.45. The molecule has 0 radical (unpaired) electrons. The lowest BCUT2D eigenvalue weighted by Gasteiger charge is -2.28. The van der Waals surface area contributed by atoms with Crippen molar-refractivity contribution < 1.29 is 28.9 Å². The van der Waals surface area contributed by atoms with Crippen LogP contribution in [0.4, 0.5) is 4.39 Å². The van der Waals surface area contributed by atoms with Crippen LogP contribution in [0.2, 0.25) is 0 Å². The van der Waals surface area contributed by atoms with Crippen molar-refractivity contribution in [1.29, 1.82) is 0 Å². The number of amides is 1. The fourth-order valence-corrected chi connectivity index (χ4v) is 3.91. The topological polar surface area (TPSA) is 90.3 Å². The van der Waals surface area contributed by atoms with Crippen LogP contribution in [0.15, 0.2) is 48.0 Å². The van der Waals surface area contributed by atoms with Gasteiger partial charge in [-0.25, -0.2) is 4.39 Å². The van der Waals surface area contributed by atoms with Crippen molar-refractivity contribution in [3.8, 4) is 11.5 Å². The highest BCUT2D eigenvalue weighted by Gasteiger charge is 2.46. The zero-order valence-electron chi connectivity index (χ0n) is 18.3. The van der Waals surface area contributed by atoms with Crippen LogP contribution in [0.3, 0.4) is 0 Å². The fraction of sp³-hybridized carbons (Fsp3) is 0.333. The fourth-order valence-electron chi connectivity index (χ4n) is 3.91. The predicted molar refractivity (Wildman–Crippen MR) is 118 cm³/mol. The second-order valence-electron chi connectivity index (χ2n) is 7.46. The van der Waals surface area contributed by atoms with Crippen molar-refractivity contribution in [2.75, 3.05) is 33.3 Å². The van der Waals surface area contributed by atoms with Crippen LogP contribution in [0.1, 0.15) is 31.0 Å². The molecule has 1 aliphatic heterocycles. The van der Waals surface area contributed by atoms with E-state index in [0.29, 0.717) is 12.1 Å². The Labute approximate surface area is 186 Å². The third-order valence-electron chi connectivity index (χ3n) is 5.70. The van der Waals surface area contributed by atoms with Gasteiger partial charge < -0.3 is 24.7 Å². The number of likely N-dealkylation sites (N-methyl/N-ethyl adjacent to an activating group) is 1. The van der Waals surface area contributed by atoms with Gasteiger partial charge in [-0.2, -0.15) is 0 Å². The Morgan fingerprint density at radius 2 is 1.88 bits per heavy atom. The number of phenols is 1. The smallest absolute Gasteiger partial charge is 0.295 e. The summed E-state index contributed by atoms with van der Waals surface area (Å²) < 4.78 is 19.2. The highest BCUT2D eigenvalue weighted by molar-refractivity contribution is 6.46. The molecule has 170 valence electrons. The van der Waals surface area contributed by atoms with E-state index in [4.69, 9.17) is 4.74 Å². The monoisotopic (exact) mass is 442 g/mol. The largest absolute Gasteiger partial charge is 0.508 e. The number of ketones is 1. The van der Waals surface area contributed by atoms with Gasteiger partial charge in [0.15, 0.2) is 11.6 Å². The normalized spacial score (nSPS) is 17.9. The van der Waals surface area contributed by atoms with E-state index in [2.05, 4.69) is 4.90 Å². The van der Waals surface area contributed by atoms with Gasteiger partial charge in [-0.15, -0.1) is 0 Å². The number of rotatable bonds is 8. The van der Waals surface area contributed by atoms with Crippen LogP contribution >= 0.6 is 0 Å². The lowest BCUT2D eigenvalue weighted by molar-refractivity contribution is -0.140. The average Bonchev–Trinajstić information content (AvgIpc) is 3.04. The van der Waals surface area contributed by atoms with Gasteiger partial charge in [-0.3, -0.25) is 9.59 Å². The first-order valence-corrected chi connectivity index (χ1v) is 10.5. The lowest BCUT2D eigenvalue weighted by atomic mass is 9.95. The summed E-state index contributed by atoms with van der Waals surface area (Å²) >= 11 is 0. The van der Waals surface area contributed by atoms with Gasteiger partial charge in [-0.1, -0.05) is 26.0 Å². The summed E-state index contributed by atoms with van der Waals surface area (Å²) in [7, 11) is 1.32. The quantitative estimate of drug-likeness (QED) is 0.370.